The molecule has 1 heterocycles. The van der Waals surface area contributed by atoms with Gasteiger partial charge in [-0.1, -0.05) is 35.3 Å². The van der Waals surface area contributed by atoms with E-state index >= 15 is 0 Å². The van der Waals surface area contributed by atoms with Gasteiger partial charge in [0.25, 0.3) is 0 Å². The van der Waals surface area contributed by atoms with Crippen molar-refractivity contribution < 1.29 is 28.7 Å². The zero-order valence-electron chi connectivity index (χ0n) is 20.1. The molecule has 4 rings (SSSR count). The summed E-state index contributed by atoms with van der Waals surface area (Å²) < 4.78 is 10.5. The molecule has 1 saturated heterocycles. The van der Waals surface area contributed by atoms with Gasteiger partial charge in [-0.25, -0.2) is 4.79 Å². The zero-order chi connectivity index (χ0) is 26.7. The first-order chi connectivity index (χ1) is 17.6. The smallest absolute Gasteiger partial charge is 0.345 e. The van der Waals surface area contributed by atoms with Crippen molar-refractivity contribution in [3.63, 3.8) is 0 Å². The van der Waals surface area contributed by atoms with E-state index in [-0.39, 0.29) is 40.8 Å². The fourth-order valence-electron chi connectivity index (χ4n) is 3.97. The van der Waals surface area contributed by atoms with E-state index in [1.165, 1.54) is 42.5 Å². The molecule has 9 heteroatoms. The SMILES string of the molecule is Cc1ccc(C)c(N2C[C@H](C(=O)OCC(=O)c3ccc(OC(=O)c4ccc(Cl)cc4Cl)cc3)CC2=O)c1. The standard InChI is InChI=1S/C28H23Cl2NO6/c1-16-3-4-17(2)24(11-16)31-14-19(12-26(31)33)27(34)36-15-25(32)18-5-8-21(9-6-18)37-28(35)22-10-7-20(29)13-23(22)30/h3-11,13,19H,12,14-15H2,1-2H3/t19-/m1/s1. The van der Waals surface area contributed by atoms with E-state index in [0.29, 0.717) is 5.02 Å². The van der Waals surface area contributed by atoms with Gasteiger partial charge in [0.1, 0.15) is 5.75 Å². The van der Waals surface area contributed by atoms with Crippen LogP contribution in [0.5, 0.6) is 5.75 Å². The highest BCUT2D eigenvalue weighted by Gasteiger charge is 2.37. The lowest BCUT2D eigenvalue weighted by Crippen LogP contribution is -2.27. The number of Topliss-reactive ketones (excluding diaryl/α,β-unsaturated/α-hetero) is 1. The molecule has 1 aliphatic heterocycles. The molecule has 7 nitrogen and oxygen atoms in total. The molecule has 190 valence electrons. The first kappa shape index (κ1) is 26.4. The molecular weight excluding hydrogens is 517 g/mol. The minimum Gasteiger partial charge on any atom is -0.457 e. The summed E-state index contributed by atoms with van der Waals surface area (Å²) in [5.41, 5.74) is 3.15. The number of aryl methyl sites for hydroxylation is 2. The molecule has 0 aliphatic carbocycles. The van der Waals surface area contributed by atoms with E-state index in [4.69, 9.17) is 32.7 Å². The quantitative estimate of drug-likeness (QED) is 0.220. The number of ketones is 1. The first-order valence-electron chi connectivity index (χ1n) is 11.5. The summed E-state index contributed by atoms with van der Waals surface area (Å²) in [4.78, 5) is 51.6. The molecule has 0 unspecified atom stereocenters. The molecule has 3 aromatic rings. The van der Waals surface area contributed by atoms with Crippen LogP contribution in [-0.4, -0.2) is 36.8 Å². The molecule has 0 N–H and O–H groups in total. The number of nitrogens with zero attached hydrogens (tertiary/aromatic N) is 1. The molecular formula is C28H23Cl2NO6. The van der Waals surface area contributed by atoms with Crippen LogP contribution in [0.25, 0.3) is 0 Å². The summed E-state index contributed by atoms with van der Waals surface area (Å²) in [6.07, 6.45) is 0.0259. The summed E-state index contributed by atoms with van der Waals surface area (Å²) in [5, 5.41) is 0.551. The molecule has 0 spiro atoms. The summed E-state index contributed by atoms with van der Waals surface area (Å²) in [5.74, 6) is -2.30. The Morgan fingerprint density at radius 2 is 1.70 bits per heavy atom. The third-order valence-corrected chi connectivity index (χ3v) is 6.55. The Morgan fingerprint density at radius 1 is 0.973 bits per heavy atom. The topological polar surface area (TPSA) is 90.0 Å². The fraction of sp³-hybridized carbons (Fsp3) is 0.214. The highest BCUT2D eigenvalue weighted by atomic mass is 35.5. The maximum absolute atomic E-state index is 12.6. The van der Waals surface area contributed by atoms with Crippen LogP contribution in [0.3, 0.4) is 0 Å². The molecule has 1 amide bonds. The lowest BCUT2D eigenvalue weighted by molar-refractivity contribution is -0.147. The van der Waals surface area contributed by atoms with Gasteiger partial charge in [0.05, 0.1) is 16.5 Å². The van der Waals surface area contributed by atoms with Crippen molar-refractivity contribution in [2.45, 2.75) is 20.3 Å². The summed E-state index contributed by atoms with van der Waals surface area (Å²) in [6, 6.07) is 16.1. The zero-order valence-corrected chi connectivity index (χ0v) is 21.6. The summed E-state index contributed by atoms with van der Waals surface area (Å²) in [7, 11) is 0. The molecule has 37 heavy (non-hydrogen) atoms. The lowest BCUT2D eigenvalue weighted by Gasteiger charge is -2.19. The normalized spacial score (nSPS) is 15.0. The minimum atomic E-state index is -0.671. The fourth-order valence-corrected chi connectivity index (χ4v) is 4.46. The Morgan fingerprint density at radius 3 is 2.41 bits per heavy atom. The molecule has 0 aromatic heterocycles. The van der Waals surface area contributed by atoms with Crippen LogP contribution < -0.4 is 9.64 Å². The predicted octanol–water partition coefficient (Wildman–Crippen LogP) is 5.61. The van der Waals surface area contributed by atoms with Gasteiger partial charge < -0.3 is 14.4 Å². The van der Waals surface area contributed by atoms with Crippen molar-refractivity contribution in [3.8, 4) is 5.75 Å². The minimum absolute atomic E-state index is 0.0259. The number of carbonyl (C=O) groups is 4. The van der Waals surface area contributed by atoms with Gasteiger partial charge in [0.2, 0.25) is 5.91 Å². The third kappa shape index (κ3) is 6.18. The maximum atomic E-state index is 12.6. The molecule has 3 aromatic carbocycles. The molecule has 1 aliphatic rings. The number of hydrogen-bond acceptors (Lipinski definition) is 6. The molecule has 1 fully saturated rings. The second-order valence-electron chi connectivity index (χ2n) is 8.76. The van der Waals surface area contributed by atoms with E-state index in [1.54, 1.807) is 4.90 Å². The van der Waals surface area contributed by atoms with Crippen molar-refractivity contribution in [3.05, 3.63) is 93.0 Å². The van der Waals surface area contributed by atoms with Crippen LogP contribution in [0.15, 0.2) is 60.7 Å². The largest absolute Gasteiger partial charge is 0.457 e. The second kappa shape index (κ2) is 11.2. The van der Waals surface area contributed by atoms with Crippen molar-refractivity contribution in [2.24, 2.45) is 5.92 Å². The second-order valence-corrected chi connectivity index (χ2v) is 9.61. The van der Waals surface area contributed by atoms with Crippen molar-refractivity contribution in [2.75, 3.05) is 18.1 Å². The van der Waals surface area contributed by atoms with Crippen molar-refractivity contribution >= 4 is 52.5 Å². The number of hydrogen-bond donors (Lipinski definition) is 0. The molecule has 0 radical (unpaired) electrons. The average Bonchev–Trinajstić information content (AvgIpc) is 3.25. The van der Waals surface area contributed by atoms with E-state index in [2.05, 4.69) is 0 Å². The maximum Gasteiger partial charge on any atom is 0.345 e. The molecule has 1 atom stereocenters. The first-order valence-corrected chi connectivity index (χ1v) is 12.2. The highest BCUT2D eigenvalue weighted by molar-refractivity contribution is 6.36. The van der Waals surface area contributed by atoms with E-state index in [9.17, 15) is 19.2 Å². The Bertz CT molecular complexity index is 1390. The summed E-state index contributed by atoms with van der Waals surface area (Å²) >= 11 is 11.9. The number of benzene rings is 3. The number of esters is 2. The van der Waals surface area contributed by atoms with Crippen LogP contribution in [0.2, 0.25) is 10.0 Å². The van der Waals surface area contributed by atoms with Crippen LogP contribution in [0.4, 0.5) is 5.69 Å². The molecule has 0 bridgehead atoms. The Labute approximate surface area is 223 Å². The van der Waals surface area contributed by atoms with E-state index in [0.717, 1.165) is 16.8 Å². The van der Waals surface area contributed by atoms with E-state index in [1.807, 2.05) is 32.0 Å². The lowest BCUT2D eigenvalue weighted by atomic mass is 10.1. The average molecular weight is 540 g/mol. The van der Waals surface area contributed by atoms with Crippen LogP contribution in [-0.2, 0) is 14.3 Å². The predicted molar refractivity (Wildman–Crippen MR) is 140 cm³/mol. The number of halogens is 2. The van der Waals surface area contributed by atoms with Crippen LogP contribution in [0.1, 0.15) is 38.3 Å². The van der Waals surface area contributed by atoms with Gasteiger partial charge in [0, 0.05) is 29.2 Å². The molecule has 0 saturated carbocycles. The van der Waals surface area contributed by atoms with Gasteiger partial charge in [-0.15, -0.1) is 0 Å². The van der Waals surface area contributed by atoms with Crippen LogP contribution in [0, 0.1) is 19.8 Å². The Kier molecular flexibility index (Phi) is 7.95. The van der Waals surface area contributed by atoms with Crippen molar-refractivity contribution in [1.29, 1.82) is 0 Å². The van der Waals surface area contributed by atoms with Gasteiger partial charge in [0.15, 0.2) is 12.4 Å². The van der Waals surface area contributed by atoms with E-state index < -0.39 is 30.2 Å². The van der Waals surface area contributed by atoms with Gasteiger partial charge in [-0.2, -0.15) is 0 Å². The van der Waals surface area contributed by atoms with Gasteiger partial charge >= 0.3 is 11.9 Å². The highest BCUT2D eigenvalue weighted by Crippen LogP contribution is 2.29. The number of rotatable bonds is 7. The number of anilines is 1. The summed E-state index contributed by atoms with van der Waals surface area (Å²) in [6.45, 7) is 3.58. The number of carbonyl (C=O) groups excluding carboxylic acids is 4. The Balaban J connectivity index is 1.31. The van der Waals surface area contributed by atoms with Crippen LogP contribution >= 0.6 is 23.2 Å². The van der Waals surface area contributed by atoms with Crippen molar-refractivity contribution in [1.82, 2.24) is 0 Å². The number of amides is 1. The van der Waals surface area contributed by atoms with Gasteiger partial charge in [-0.3, -0.25) is 14.4 Å². The number of ether oxygens (including phenoxy) is 2. The Hall–Kier alpha value is -3.68. The monoisotopic (exact) mass is 539 g/mol. The third-order valence-electron chi connectivity index (χ3n) is 6.00. The van der Waals surface area contributed by atoms with Gasteiger partial charge in [-0.05, 0) is 73.5 Å².